The van der Waals surface area contributed by atoms with Crippen LogP contribution < -0.4 is 0 Å². The van der Waals surface area contributed by atoms with E-state index in [-0.39, 0.29) is 36.5 Å². The van der Waals surface area contributed by atoms with Gasteiger partial charge >= 0.3 is 104 Å². The van der Waals surface area contributed by atoms with E-state index in [1.54, 1.807) is 4.90 Å². The number of nitrogens with zero attached hydrogens (tertiary/aromatic N) is 1. The summed E-state index contributed by atoms with van der Waals surface area (Å²) in [4.78, 5) is 13.6. The fourth-order valence-corrected chi connectivity index (χ4v) is 2.78. The van der Waals surface area contributed by atoms with Crippen molar-refractivity contribution in [3.05, 3.63) is 0 Å². The van der Waals surface area contributed by atoms with Crippen LogP contribution in [-0.4, -0.2) is 46.7 Å². The van der Waals surface area contributed by atoms with Gasteiger partial charge in [0.15, 0.2) is 0 Å². The summed E-state index contributed by atoms with van der Waals surface area (Å²) in [6, 6.07) is 0. The molecule has 3 atom stereocenters. The third-order valence-corrected chi connectivity index (χ3v) is 5.33. The van der Waals surface area contributed by atoms with E-state index < -0.39 is 5.92 Å². The number of carbonyl (C=O) groups is 1. The molecule has 0 aromatic rings. The molecule has 94 valence electrons. The monoisotopic (exact) mass is 295 g/mol. The van der Waals surface area contributed by atoms with Crippen LogP contribution in [0.5, 0.6) is 0 Å². The molecule has 1 aliphatic heterocycles. The number of hydrogen-bond donors (Lipinski definition) is 0. The average Bonchev–Trinajstić information content (AvgIpc) is 2.26. The van der Waals surface area contributed by atoms with E-state index in [1.807, 2.05) is 6.92 Å². The first-order valence-electron chi connectivity index (χ1n) is 5.79. The van der Waals surface area contributed by atoms with E-state index in [1.165, 1.54) is 16.9 Å². The van der Waals surface area contributed by atoms with Gasteiger partial charge in [0, 0.05) is 0 Å². The molecule has 0 spiro atoms. The van der Waals surface area contributed by atoms with Crippen molar-refractivity contribution in [1.29, 1.82) is 0 Å². The zero-order valence-electron chi connectivity index (χ0n) is 9.88. The molecule has 2 nitrogen and oxygen atoms in total. The molecule has 1 heterocycles. The maximum absolute atomic E-state index is 12.9. The van der Waals surface area contributed by atoms with Gasteiger partial charge in [0.25, 0.3) is 0 Å². The Morgan fingerprint density at radius 3 is 2.38 bits per heavy atom. The normalized spacial score (nSPS) is 23.9. The van der Waals surface area contributed by atoms with Gasteiger partial charge in [-0.15, -0.1) is 0 Å². The molecule has 1 unspecified atom stereocenters. The van der Waals surface area contributed by atoms with Gasteiger partial charge < -0.3 is 0 Å². The molecule has 0 aliphatic carbocycles. The summed E-state index contributed by atoms with van der Waals surface area (Å²) in [5, 5.41) is 0. The van der Waals surface area contributed by atoms with Crippen LogP contribution >= 0.6 is 0 Å². The van der Waals surface area contributed by atoms with Crippen molar-refractivity contribution in [2.24, 2.45) is 5.92 Å². The van der Waals surface area contributed by atoms with E-state index in [4.69, 9.17) is 0 Å². The maximum atomic E-state index is 12.9. The third kappa shape index (κ3) is 3.44. The van der Waals surface area contributed by atoms with E-state index >= 15 is 0 Å². The molecular weight excluding hydrogens is 275 g/mol. The number of hydrogen-bond acceptors (Lipinski definition) is 1. The van der Waals surface area contributed by atoms with Crippen LogP contribution in [0, 0.1) is 5.92 Å². The van der Waals surface area contributed by atoms with Gasteiger partial charge in [-0.25, -0.2) is 0 Å². The number of carbonyl (C=O) groups excluding carboxylic acids is 1. The van der Waals surface area contributed by atoms with Gasteiger partial charge in [-0.3, -0.25) is 0 Å². The number of piperidine rings is 1. The summed E-state index contributed by atoms with van der Waals surface area (Å²) in [5.41, 5.74) is 0. The van der Waals surface area contributed by atoms with E-state index in [0.29, 0.717) is 5.92 Å². The van der Waals surface area contributed by atoms with Crippen molar-refractivity contribution < 1.29 is 13.6 Å². The van der Waals surface area contributed by atoms with Gasteiger partial charge in [-0.2, -0.15) is 0 Å². The van der Waals surface area contributed by atoms with Crippen molar-refractivity contribution in [3.8, 4) is 0 Å². The quantitative estimate of drug-likeness (QED) is 0.726. The second-order valence-electron chi connectivity index (χ2n) is 4.59. The van der Waals surface area contributed by atoms with Crippen molar-refractivity contribution in [3.63, 3.8) is 0 Å². The summed E-state index contributed by atoms with van der Waals surface area (Å²) in [6.07, 6.45) is 0.594. The van der Waals surface area contributed by atoms with Gasteiger partial charge in [0.1, 0.15) is 0 Å². The van der Waals surface area contributed by atoms with Crippen LogP contribution in [-0.2, 0) is 4.79 Å². The molecular formula is C11H20AsF2NO. The van der Waals surface area contributed by atoms with Crippen molar-refractivity contribution >= 4 is 22.8 Å². The van der Waals surface area contributed by atoms with Gasteiger partial charge in [0.05, 0.1) is 0 Å². The Hall–Kier alpha value is -0.112. The molecule has 1 rings (SSSR count). The number of alkyl halides is 2. The minimum atomic E-state index is -2.57. The molecule has 0 bridgehead atoms. The molecule has 5 heteroatoms. The Bertz CT molecular complexity index is 250. The Morgan fingerprint density at radius 2 is 1.94 bits per heavy atom. The van der Waals surface area contributed by atoms with Gasteiger partial charge in [-0.1, -0.05) is 0 Å². The summed E-state index contributed by atoms with van der Waals surface area (Å²) < 4.78 is 25.9. The summed E-state index contributed by atoms with van der Waals surface area (Å²) in [5.74, 6) is -2.17. The molecule has 0 radical (unpaired) electrons. The Balaban J connectivity index is 2.50. The molecule has 0 saturated carbocycles. The standard InChI is InChI=1S/C11H20AsF2NO/c1-3-8(2)9(12)10(16)15-6-4-11(13,14)5-7-15/h8-9H,3-7,12H2,1-2H3/t8-,9-/m0/s1. The van der Waals surface area contributed by atoms with Crippen LogP contribution in [0.3, 0.4) is 0 Å². The van der Waals surface area contributed by atoms with Gasteiger partial charge in [0.2, 0.25) is 0 Å². The van der Waals surface area contributed by atoms with Crippen molar-refractivity contribution in [2.45, 2.75) is 43.7 Å². The molecule has 1 fully saturated rings. The summed E-state index contributed by atoms with van der Waals surface area (Å²) in [6.45, 7) is 4.52. The third-order valence-electron chi connectivity index (χ3n) is 3.35. The average molecular weight is 295 g/mol. The van der Waals surface area contributed by atoms with Crippen LogP contribution in [0.1, 0.15) is 33.1 Å². The number of halogens is 2. The molecule has 0 aromatic heterocycles. The van der Waals surface area contributed by atoms with Crippen molar-refractivity contribution in [1.82, 2.24) is 4.90 Å². The minimum absolute atomic E-state index is 0.00391. The Labute approximate surface area is 104 Å². The molecule has 1 amide bonds. The fourth-order valence-electron chi connectivity index (χ4n) is 1.76. The van der Waals surface area contributed by atoms with Crippen LogP contribution in [0.25, 0.3) is 0 Å². The summed E-state index contributed by atoms with van der Waals surface area (Å²) >= 11 is 1.40. The first kappa shape index (κ1) is 14.0. The molecule has 0 N–H and O–H groups in total. The molecule has 16 heavy (non-hydrogen) atoms. The topological polar surface area (TPSA) is 20.3 Å². The fraction of sp³-hybridized carbons (Fsp3) is 0.909. The van der Waals surface area contributed by atoms with Crippen LogP contribution in [0.4, 0.5) is 8.78 Å². The zero-order chi connectivity index (χ0) is 12.3. The number of amides is 1. The molecule has 1 aliphatic rings. The zero-order valence-corrected chi connectivity index (χ0v) is 12.3. The van der Waals surface area contributed by atoms with E-state index in [0.717, 1.165) is 6.42 Å². The van der Waals surface area contributed by atoms with Crippen LogP contribution in [0.2, 0.25) is 4.71 Å². The second kappa shape index (κ2) is 5.48. The first-order valence-corrected chi connectivity index (χ1v) is 7.19. The van der Waals surface area contributed by atoms with E-state index in [2.05, 4.69) is 6.92 Å². The molecule has 0 aromatic carbocycles. The number of likely N-dealkylation sites (tertiary alicyclic amines) is 1. The predicted molar refractivity (Wildman–Crippen MR) is 62.5 cm³/mol. The second-order valence-corrected chi connectivity index (χ2v) is 6.10. The summed E-state index contributed by atoms with van der Waals surface area (Å²) in [7, 11) is 0. The van der Waals surface area contributed by atoms with Gasteiger partial charge in [-0.05, 0) is 0 Å². The van der Waals surface area contributed by atoms with Crippen LogP contribution in [0.15, 0.2) is 0 Å². The van der Waals surface area contributed by atoms with E-state index in [9.17, 15) is 13.6 Å². The SMILES string of the molecule is CC[C@H](C)[C@H]([AsH2])C(=O)N1CCC(F)(F)CC1. The Morgan fingerprint density at radius 1 is 1.44 bits per heavy atom. The predicted octanol–water partition coefficient (Wildman–Crippen LogP) is 1.71. The van der Waals surface area contributed by atoms with Crippen molar-refractivity contribution in [2.75, 3.05) is 13.1 Å². The first-order chi connectivity index (χ1) is 7.37. The Kier molecular flexibility index (Phi) is 4.78. The number of rotatable bonds is 3. The molecule has 1 saturated heterocycles.